The highest BCUT2D eigenvalue weighted by atomic mass is 35.5. The molecule has 0 radical (unpaired) electrons. The predicted octanol–water partition coefficient (Wildman–Crippen LogP) is 3.57. The second-order valence-corrected chi connectivity index (χ2v) is 3.64. The summed E-state index contributed by atoms with van der Waals surface area (Å²) in [6.07, 6.45) is 2.46. The van der Waals surface area contributed by atoms with Gasteiger partial charge in [0.2, 0.25) is 0 Å². The molecule has 0 aliphatic heterocycles. The van der Waals surface area contributed by atoms with Gasteiger partial charge in [0.25, 0.3) is 0 Å². The molecule has 0 aliphatic carbocycles. The fourth-order valence-electron chi connectivity index (χ4n) is 1.11. The van der Waals surface area contributed by atoms with Crippen molar-refractivity contribution in [3.8, 4) is 0 Å². The van der Waals surface area contributed by atoms with E-state index in [0.717, 1.165) is 5.56 Å². The van der Waals surface area contributed by atoms with Gasteiger partial charge in [0.1, 0.15) is 0 Å². The molecule has 1 aromatic carbocycles. The lowest BCUT2D eigenvalue weighted by molar-refractivity contribution is 0.742. The van der Waals surface area contributed by atoms with Crippen LogP contribution in [-0.4, -0.2) is 0 Å². The molecule has 0 amide bonds. The third-order valence-corrected chi connectivity index (χ3v) is 2.36. The summed E-state index contributed by atoms with van der Waals surface area (Å²) >= 11 is 11.8. The van der Waals surface area contributed by atoms with Crippen LogP contribution in [0.3, 0.4) is 0 Å². The SMILES string of the molecule is C=CC[C@H](N)c1cc(Cl)ccc1Cl. The van der Waals surface area contributed by atoms with E-state index in [-0.39, 0.29) is 6.04 Å². The van der Waals surface area contributed by atoms with Gasteiger partial charge in [-0.3, -0.25) is 0 Å². The summed E-state index contributed by atoms with van der Waals surface area (Å²) in [4.78, 5) is 0. The monoisotopic (exact) mass is 215 g/mol. The lowest BCUT2D eigenvalue weighted by Gasteiger charge is -2.11. The maximum atomic E-state index is 5.95. The average Bonchev–Trinajstić information content (AvgIpc) is 2.09. The first-order valence-electron chi connectivity index (χ1n) is 3.96. The van der Waals surface area contributed by atoms with Gasteiger partial charge >= 0.3 is 0 Å². The minimum atomic E-state index is -0.122. The van der Waals surface area contributed by atoms with Crippen LogP contribution in [0, 0.1) is 0 Å². The van der Waals surface area contributed by atoms with Gasteiger partial charge in [0.05, 0.1) is 0 Å². The van der Waals surface area contributed by atoms with E-state index in [1.807, 2.05) is 0 Å². The van der Waals surface area contributed by atoms with Crippen molar-refractivity contribution in [1.29, 1.82) is 0 Å². The summed E-state index contributed by atoms with van der Waals surface area (Å²) in [7, 11) is 0. The summed E-state index contributed by atoms with van der Waals surface area (Å²) in [5, 5.41) is 1.30. The van der Waals surface area contributed by atoms with Crippen molar-refractivity contribution in [2.24, 2.45) is 5.73 Å². The summed E-state index contributed by atoms with van der Waals surface area (Å²) in [5.74, 6) is 0. The molecule has 0 fully saturated rings. The second-order valence-electron chi connectivity index (χ2n) is 2.80. The van der Waals surface area contributed by atoms with Crippen LogP contribution in [0.25, 0.3) is 0 Å². The van der Waals surface area contributed by atoms with E-state index in [1.54, 1.807) is 24.3 Å². The molecule has 13 heavy (non-hydrogen) atoms. The molecule has 0 saturated heterocycles. The average molecular weight is 216 g/mol. The van der Waals surface area contributed by atoms with Crippen molar-refractivity contribution in [1.82, 2.24) is 0 Å². The van der Waals surface area contributed by atoms with Crippen LogP contribution in [0.5, 0.6) is 0 Å². The first kappa shape index (κ1) is 10.6. The molecule has 1 aromatic rings. The van der Waals surface area contributed by atoms with Crippen LogP contribution in [0.1, 0.15) is 18.0 Å². The van der Waals surface area contributed by atoms with E-state index in [1.165, 1.54) is 0 Å². The predicted molar refractivity (Wildman–Crippen MR) is 58.2 cm³/mol. The molecule has 0 unspecified atom stereocenters. The Bertz CT molecular complexity index is 310. The van der Waals surface area contributed by atoms with Crippen LogP contribution in [0.2, 0.25) is 10.0 Å². The standard InChI is InChI=1S/C10H11Cl2N/c1-2-3-10(13)8-6-7(11)4-5-9(8)12/h2,4-6,10H,1,3,13H2/t10-/m0/s1. The lowest BCUT2D eigenvalue weighted by atomic mass is 10.1. The maximum absolute atomic E-state index is 5.95. The third-order valence-electron chi connectivity index (χ3n) is 1.78. The molecule has 1 rings (SSSR count). The molecule has 70 valence electrons. The zero-order chi connectivity index (χ0) is 9.84. The van der Waals surface area contributed by atoms with Crippen LogP contribution >= 0.6 is 23.2 Å². The van der Waals surface area contributed by atoms with Gasteiger partial charge in [0.15, 0.2) is 0 Å². The Morgan fingerprint density at radius 3 is 2.77 bits per heavy atom. The zero-order valence-corrected chi connectivity index (χ0v) is 8.65. The van der Waals surface area contributed by atoms with Gasteiger partial charge in [-0.2, -0.15) is 0 Å². The van der Waals surface area contributed by atoms with Crippen LogP contribution < -0.4 is 5.73 Å². The summed E-state index contributed by atoms with van der Waals surface area (Å²) < 4.78 is 0. The van der Waals surface area contributed by atoms with Crippen molar-refractivity contribution >= 4 is 23.2 Å². The Hall–Kier alpha value is -0.500. The fraction of sp³-hybridized carbons (Fsp3) is 0.200. The quantitative estimate of drug-likeness (QED) is 0.768. The van der Waals surface area contributed by atoms with Gasteiger partial charge in [-0.15, -0.1) is 6.58 Å². The van der Waals surface area contributed by atoms with Crippen LogP contribution in [0.15, 0.2) is 30.9 Å². The molecule has 0 saturated carbocycles. The summed E-state index contributed by atoms with van der Waals surface area (Å²) in [6.45, 7) is 3.62. The molecular formula is C10H11Cl2N. The van der Waals surface area contributed by atoms with E-state index < -0.39 is 0 Å². The van der Waals surface area contributed by atoms with E-state index >= 15 is 0 Å². The normalized spacial score (nSPS) is 12.5. The number of rotatable bonds is 3. The maximum Gasteiger partial charge on any atom is 0.0454 e. The molecule has 0 aliphatic rings. The highest BCUT2D eigenvalue weighted by Crippen LogP contribution is 2.26. The Morgan fingerprint density at radius 2 is 2.15 bits per heavy atom. The highest BCUT2D eigenvalue weighted by molar-refractivity contribution is 6.33. The lowest BCUT2D eigenvalue weighted by Crippen LogP contribution is -2.09. The van der Waals surface area contributed by atoms with Crippen molar-refractivity contribution in [2.45, 2.75) is 12.5 Å². The molecule has 0 spiro atoms. The highest BCUT2D eigenvalue weighted by Gasteiger charge is 2.08. The third kappa shape index (κ3) is 2.73. The van der Waals surface area contributed by atoms with Gasteiger partial charge in [-0.05, 0) is 30.2 Å². The van der Waals surface area contributed by atoms with E-state index in [2.05, 4.69) is 6.58 Å². The van der Waals surface area contributed by atoms with E-state index in [4.69, 9.17) is 28.9 Å². The van der Waals surface area contributed by atoms with Crippen LogP contribution in [0.4, 0.5) is 0 Å². The van der Waals surface area contributed by atoms with Crippen molar-refractivity contribution in [3.05, 3.63) is 46.5 Å². The van der Waals surface area contributed by atoms with Crippen molar-refractivity contribution in [2.75, 3.05) is 0 Å². The number of benzene rings is 1. The first-order chi connectivity index (χ1) is 6.15. The fourth-order valence-corrected chi connectivity index (χ4v) is 1.54. The summed E-state index contributed by atoms with van der Waals surface area (Å²) in [5.41, 5.74) is 6.73. The van der Waals surface area contributed by atoms with Crippen molar-refractivity contribution in [3.63, 3.8) is 0 Å². The smallest absolute Gasteiger partial charge is 0.0454 e. The number of hydrogen-bond donors (Lipinski definition) is 1. The Morgan fingerprint density at radius 1 is 1.46 bits per heavy atom. The topological polar surface area (TPSA) is 26.0 Å². The number of halogens is 2. The van der Waals surface area contributed by atoms with Crippen LogP contribution in [-0.2, 0) is 0 Å². The molecule has 3 heteroatoms. The molecule has 1 nitrogen and oxygen atoms in total. The van der Waals surface area contributed by atoms with E-state index in [0.29, 0.717) is 16.5 Å². The zero-order valence-electron chi connectivity index (χ0n) is 7.13. The molecule has 0 heterocycles. The number of hydrogen-bond acceptors (Lipinski definition) is 1. The summed E-state index contributed by atoms with van der Waals surface area (Å²) in [6, 6.07) is 5.16. The molecule has 0 aromatic heterocycles. The Labute approximate surface area is 88.1 Å². The van der Waals surface area contributed by atoms with Gasteiger partial charge < -0.3 is 5.73 Å². The molecule has 2 N–H and O–H groups in total. The molecule has 0 bridgehead atoms. The molecular weight excluding hydrogens is 205 g/mol. The second kappa shape index (κ2) is 4.66. The molecule has 1 atom stereocenters. The van der Waals surface area contributed by atoms with E-state index in [9.17, 15) is 0 Å². The minimum absolute atomic E-state index is 0.122. The van der Waals surface area contributed by atoms with Gasteiger partial charge in [0, 0.05) is 16.1 Å². The number of nitrogens with two attached hydrogens (primary N) is 1. The Balaban J connectivity index is 2.97. The van der Waals surface area contributed by atoms with Crippen molar-refractivity contribution < 1.29 is 0 Å². The largest absolute Gasteiger partial charge is 0.324 e. The minimum Gasteiger partial charge on any atom is -0.324 e. The van der Waals surface area contributed by atoms with Gasteiger partial charge in [-0.25, -0.2) is 0 Å². The van der Waals surface area contributed by atoms with Gasteiger partial charge in [-0.1, -0.05) is 29.3 Å². The Kier molecular flexibility index (Phi) is 3.79. The first-order valence-corrected chi connectivity index (χ1v) is 4.72.